The van der Waals surface area contributed by atoms with Crippen molar-refractivity contribution < 1.29 is 27.8 Å². The van der Waals surface area contributed by atoms with Gasteiger partial charge in [-0.05, 0) is 104 Å². The van der Waals surface area contributed by atoms with E-state index >= 15 is 0 Å². The number of fused-ring (bicyclic) bond motifs is 3. The molecule has 0 amide bonds. The van der Waals surface area contributed by atoms with Gasteiger partial charge in [0.05, 0.1) is 36.3 Å². The maximum Gasteiger partial charge on any atom is 0.338 e. The lowest BCUT2D eigenvalue weighted by atomic mass is 9.68. The number of ether oxygens (including phenoxy) is 2. The summed E-state index contributed by atoms with van der Waals surface area (Å²) in [7, 11) is -3.53. The number of halogens is 1. The molecular formula is C35H47ClN2O6S. The lowest BCUT2D eigenvalue weighted by molar-refractivity contribution is 0.0456. The quantitative estimate of drug-likeness (QED) is 0.228. The lowest BCUT2D eigenvalue weighted by Crippen LogP contribution is -2.49. The molecule has 10 heteroatoms. The molecule has 2 aromatic carbocycles. The van der Waals surface area contributed by atoms with Gasteiger partial charge in [-0.25, -0.2) is 18.4 Å². The first-order valence-corrected chi connectivity index (χ1v) is 18.3. The number of aliphatic hydroxyl groups is 1. The molecule has 1 spiro atoms. The standard InChI is InChI=1S/C35H47ClN2O6S/c1-23(2)19-43-34(40)26-10-14-33-31(17-26)38(21-35(22-44-33)15-5-7-25-16-28(36)11-13-30(25)35)18-27-9-12-29(27)32(39)8-4-6-24(3)20-45(37,41)42/h4,8,10-11,13-14,16-17,23-24,27,29,32,39H,5-7,9,12,15,18-22H2,1-3H3,(H2,37,41,42)/b8-4+/t24-,27+,29-,32+,35+/m1/s1. The average molecular weight is 659 g/mol. The van der Waals surface area contributed by atoms with E-state index in [2.05, 4.69) is 17.0 Å². The van der Waals surface area contributed by atoms with E-state index in [0.717, 1.165) is 55.1 Å². The zero-order valence-electron chi connectivity index (χ0n) is 26.6. The molecule has 5 atom stereocenters. The Morgan fingerprint density at radius 3 is 2.73 bits per heavy atom. The highest BCUT2D eigenvalue weighted by molar-refractivity contribution is 7.89. The molecule has 5 rings (SSSR count). The van der Waals surface area contributed by atoms with Gasteiger partial charge in [0.15, 0.2) is 0 Å². The topological polar surface area (TPSA) is 119 Å². The fourth-order valence-corrected chi connectivity index (χ4v) is 8.30. The zero-order valence-corrected chi connectivity index (χ0v) is 28.2. The van der Waals surface area contributed by atoms with Gasteiger partial charge in [0, 0.05) is 23.5 Å². The van der Waals surface area contributed by atoms with Crippen LogP contribution < -0.4 is 14.8 Å². The summed E-state index contributed by atoms with van der Waals surface area (Å²) in [5, 5.41) is 17.1. The van der Waals surface area contributed by atoms with Crippen LogP contribution in [0.3, 0.4) is 0 Å². The SMILES string of the molecule is CC(C)COC(=O)c1ccc2c(c1)N(C[C@@H]1CC[C@H]1[C@@H](O)/C=C/C[C@@H](C)CS(N)(=O)=O)C[C@@]1(CCCc3cc(Cl)ccc31)CO2. The van der Waals surface area contributed by atoms with Gasteiger partial charge in [0.1, 0.15) is 5.75 Å². The lowest BCUT2D eigenvalue weighted by Gasteiger charge is -2.45. The third kappa shape index (κ3) is 8.23. The number of carbonyl (C=O) groups is 1. The first-order chi connectivity index (χ1) is 21.3. The summed E-state index contributed by atoms with van der Waals surface area (Å²) in [5.41, 5.74) is 3.66. The first kappa shape index (κ1) is 33.8. The Morgan fingerprint density at radius 1 is 1.22 bits per heavy atom. The van der Waals surface area contributed by atoms with Crippen LogP contribution in [0, 0.1) is 23.7 Å². The van der Waals surface area contributed by atoms with E-state index < -0.39 is 16.1 Å². The number of rotatable bonds is 11. The van der Waals surface area contributed by atoms with Crippen molar-refractivity contribution in [3.05, 3.63) is 70.3 Å². The van der Waals surface area contributed by atoms with Crippen LogP contribution in [0.2, 0.25) is 5.02 Å². The van der Waals surface area contributed by atoms with Crippen molar-refractivity contribution >= 4 is 33.3 Å². The smallest absolute Gasteiger partial charge is 0.338 e. The number of nitrogens with two attached hydrogens (primary N) is 1. The van der Waals surface area contributed by atoms with Gasteiger partial charge in [-0.1, -0.05) is 50.6 Å². The van der Waals surface area contributed by atoms with Gasteiger partial charge in [-0.3, -0.25) is 0 Å². The number of hydrogen-bond acceptors (Lipinski definition) is 7. The second-order valence-corrected chi connectivity index (χ2v) is 16.0. The van der Waals surface area contributed by atoms with E-state index in [9.17, 15) is 18.3 Å². The number of benzene rings is 2. The number of allylic oxidation sites excluding steroid dienone is 1. The van der Waals surface area contributed by atoms with Crippen LogP contribution in [-0.2, 0) is 26.6 Å². The van der Waals surface area contributed by atoms with E-state index in [4.69, 9.17) is 26.2 Å². The highest BCUT2D eigenvalue weighted by atomic mass is 35.5. The number of sulfonamides is 1. The second kappa shape index (κ2) is 14.0. The number of esters is 1. The van der Waals surface area contributed by atoms with Crippen molar-refractivity contribution in [2.24, 2.45) is 28.8 Å². The van der Waals surface area contributed by atoms with E-state index in [-0.39, 0.29) is 40.8 Å². The van der Waals surface area contributed by atoms with Crippen LogP contribution >= 0.6 is 11.6 Å². The molecule has 3 aliphatic rings. The minimum absolute atomic E-state index is 0.0787. The molecule has 0 radical (unpaired) electrons. The van der Waals surface area contributed by atoms with Crippen LogP contribution in [-0.4, -0.2) is 57.7 Å². The molecule has 0 saturated heterocycles. The van der Waals surface area contributed by atoms with Crippen molar-refractivity contribution in [3.8, 4) is 5.75 Å². The van der Waals surface area contributed by atoms with Gasteiger partial charge < -0.3 is 19.5 Å². The summed E-state index contributed by atoms with van der Waals surface area (Å²) >= 11 is 6.41. The molecule has 0 unspecified atom stereocenters. The highest BCUT2D eigenvalue weighted by Gasteiger charge is 2.44. The van der Waals surface area contributed by atoms with E-state index in [1.807, 2.05) is 45.0 Å². The van der Waals surface area contributed by atoms with E-state index in [0.29, 0.717) is 31.7 Å². The summed E-state index contributed by atoms with van der Waals surface area (Å²) in [6.45, 7) is 8.18. The van der Waals surface area contributed by atoms with Crippen LogP contribution in [0.4, 0.5) is 5.69 Å². The number of aryl methyl sites for hydroxylation is 1. The molecule has 2 aliphatic carbocycles. The van der Waals surface area contributed by atoms with Crippen molar-refractivity contribution in [1.29, 1.82) is 0 Å². The summed E-state index contributed by atoms with van der Waals surface area (Å²) in [5.74, 6) is 0.743. The molecule has 1 heterocycles. The summed E-state index contributed by atoms with van der Waals surface area (Å²) in [6.07, 6.45) is 8.47. The van der Waals surface area contributed by atoms with E-state index in [1.165, 1.54) is 11.1 Å². The maximum absolute atomic E-state index is 13.0. The number of anilines is 1. The minimum Gasteiger partial charge on any atom is -0.490 e. The Kier molecular flexibility index (Phi) is 10.5. The number of hydrogen-bond donors (Lipinski definition) is 2. The zero-order chi connectivity index (χ0) is 32.4. The number of primary sulfonamides is 1. The molecule has 3 N–H and O–H groups in total. The molecule has 1 saturated carbocycles. The van der Waals surface area contributed by atoms with Crippen LogP contribution in [0.5, 0.6) is 5.75 Å². The van der Waals surface area contributed by atoms with Gasteiger partial charge in [0.25, 0.3) is 0 Å². The molecule has 0 aromatic heterocycles. The summed E-state index contributed by atoms with van der Waals surface area (Å²) in [6, 6.07) is 11.8. The average Bonchev–Trinajstić information content (AvgIpc) is 3.10. The highest BCUT2D eigenvalue weighted by Crippen LogP contribution is 2.46. The summed E-state index contributed by atoms with van der Waals surface area (Å²) in [4.78, 5) is 15.4. The molecule has 246 valence electrons. The summed E-state index contributed by atoms with van der Waals surface area (Å²) < 4.78 is 35.0. The number of nitrogens with zero attached hydrogens (tertiary/aromatic N) is 1. The molecule has 2 aromatic rings. The predicted molar refractivity (Wildman–Crippen MR) is 178 cm³/mol. The van der Waals surface area contributed by atoms with Crippen molar-refractivity contribution in [3.63, 3.8) is 0 Å². The minimum atomic E-state index is -3.53. The largest absolute Gasteiger partial charge is 0.490 e. The molecule has 8 nitrogen and oxygen atoms in total. The Labute approximate surface area is 273 Å². The third-order valence-corrected chi connectivity index (χ3v) is 10.8. The predicted octanol–water partition coefficient (Wildman–Crippen LogP) is 5.88. The van der Waals surface area contributed by atoms with Crippen LogP contribution in [0.25, 0.3) is 0 Å². The Morgan fingerprint density at radius 2 is 2.02 bits per heavy atom. The van der Waals surface area contributed by atoms with Gasteiger partial charge in [-0.15, -0.1) is 0 Å². The third-order valence-electron chi connectivity index (χ3n) is 9.58. The Bertz CT molecular complexity index is 1510. The van der Waals surface area contributed by atoms with Gasteiger partial charge in [-0.2, -0.15) is 0 Å². The van der Waals surface area contributed by atoms with Gasteiger partial charge >= 0.3 is 5.97 Å². The van der Waals surface area contributed by atoms with Crippen molar-refractivity contribution in [2.45, 2.75) is 70.8 Å². The van der Waals surface area contributed by atoms with E-state index in [1.54, 1.807) is 12.1 Å². The fraction of sp³-hybridized carbons (Fsp3) is 0.571. The number of aliphatic hydroxyl groups excluding tert-OH is 1. The monoisotopic (exact) mass is 658 g/mol. The number of carbonyl (C=O) groups excluding carboxylic acids is 1. The van der Waals surface area contributed by atoms with Crippen LogP contribution in [0.1, 0.15) is 74.4 Å². The van der Waals surface area contributed by atoms with Gasteiger partial charge in [0.2, 0.25) is 10.0 Å². The Balaban J connectivity index is 1.40. The van der Waals surface area contributed by atoms with Crippen LogP contribution in [0.15, 0.2) is 48.6 Å². The fourth-order valence-electron chi connectivity index (χ4n) is 7.18. The molecule has 45 heavy (non-hydrogen) atoms. The van der Waals surface area contributed by atoms with Crippen molar-refractivity contribution in [1.82, 2.24) is 0 Å². The normalized spacial score (nSPS) is 24.4. The second-order valence-electron chi connectivity index (χ2n) is 13.9. The molecule has 1 fully saturated rings. The first-order valence-electron chi connectivity index (χ1n) is 16.2. The molecule has 1 aliphatic heterocycles. The maximum atomic E-state index is 13.0. The Hall–Kier alpha value is -2.59. The van der Waals surface area contributed by atoms with Crippen molar-refractivity contribution in [2.75, 3.05) is 37.0 Å². The molecular weight excluding hydrogens is 612 g/mol. The molecule has 0 bridgehead atoms.